The zero-order chi connectivity index (χ0) is 22.1. The number of allylic oxidation sites excluding steroid dienone is 1. The van der Waals surface area contributed by atoms with Gasteiger partial charge in [0.15, 0.2) is 17.3 Å². The average molecular weight is 424 g/mol. The van der Waals surface area contributed by atoms with Gasteiger partial charge in [-0.25, -0.2) is 0 Å². The number of fused-ring (bicyclic) bond motifs is 1. The first-order valence-electron chi connectivity index (χ1n) is 10.6. The minimum Gasteiger partial charge on any atom is -0.507 e. The van der Waals surface area contributed by atoms with Crippen molar-refractivity contribution >= 4 is 11.9 Å². The molecule has 0 spiro atoms. The molecule has 1 N–H and O–H groups in total. The quantitative estimate of drug-likeness (QED) is 0.711. The molecule has 31 heavy (non-hydrogen) atoms. The van der Waals surface area contributed by atoms with Crippen molar-refractivity contribution in [2.45, 2.75) is 33.2 Å². The van der Waals surface area contributed by atoms with Crippen LogP contribution in [0.2, 0.25) is 0 Å². The molecule has 0 amide bonds. The van der Waals surface area contributed by atoms with Gasteiger partial charge in [0.2, 0.25) is 5.78 Å². The monoisotopic (exact) mass is 423 g/mol. The fourth-order valence-electron chi connectivity index (χ4n) is 4.27. The highest BCUT2D eigenvalue weighted by Crippen LogP contribution is 2.43. The smallest absolute Gasteiger partial charge is 0.232 e. The summed E-state index contributed by atoms with van der Waals surface area (Å²) >= 11 is 0. The first-order valence-corrected chi connectivity index (χ1v) is 10.6. The second-order valence-corrected chi connectivity index (χ2v) is 8.41. The Balaban J connectivity index is 1.66. The van der Waals surface area contributed by atoms with Crippen LogP contribution in [-0.4, -0.2) is 43.1 Å². The number of carbonyl (C=O) groups is 1. The normalized spacial score (nSPS) is 18.2. The van der Waals surface area contributed by atoms with Gasteiger partial charge >= 0.3 is 0 Å². The van der Waals surface area contributed by atoms with Crippen LogP contribution in [-0.2, 0) is 6.54 Å². The van der Waals surface area contributed by atoms with E-state index in [2.05, 4.69) is 11.8 Å². The third-order valence-corrected chi connectivity index (χ3v) is 6.18. The zero-order valence-corrected chi connectivity index (χ0v) is 18.5. The summed E-state index contributed by atoms with van der Waals surface area (Å²) in [5.41, 5.74) is 2.69. The molecule has 1 fully saturated rings. The van der Waals surface area contributed by atoms with E-state index in [0.29, 0.717) is 40.5 Å². The molecule has 0 unspecified atom stereocenters. The van der Waals surface area contributed by atoms with Crippen molar-refractivity contribution in [1.29, 1.82) is 0 Å². The maximum Gasteiger partial charge on any atom is 0.232 e. The van der Waals surface area contributed by atoms with Crippen molar-refractivity contribution in [1.82, 2.24) is 4.90 Å². The number of methoxy groups -OCH3 is 2. The van der Waals surface area contributed by atoms with Gasteiger partial charge < -0.3 is 19.3 Å². The summed E-state index contributed by atoms with van der Waals surface area (Å²) in [6, 6.07) is 7.10. The van der Waals surface area contributed by atoms with Gasteiger partial charge in [0, 0.05) is 6.54 Å². The Labute approximate surface area is 183 Å². The van der Waals surface area contributed by atoms with Crippen molar-refractivity contribution in [3.8, 4) is 23.0 Å². The van der Waals surface area contributed by atoms with Gasteiger partial charge in [0.1, 0.15) is 11.5 Å². The van der Waals surface area contributed by atoms with E-state index in [-0.39, 0.29) is 17.3 Å². The number of hydrogen-bond acceptors (Lipinski definition) is 6. The second kappa shape index (κ2) is 8.63. The largest absolute Gasteiger partial charge is 0.507 e. The number of likely N-dealkylation sites (tertiary alicyclic amines) is 1. The second-order valence-electron chi connectivity index (χ2n) is 8.41. The lowest BCUT2D eigenvalue weighted by molar-refractivity contribution is 0.101. The first kappa shape index (κ1) is 21.2. The Bertz CT molecular complexity index is 1030. The lowest BCUT2D eigenvalue weighted by Crippen LogP contribution is -2.32. The molecule has 2 aliphatic heterocycles. The highest BCUT2D eigenvalue weighted by atomic mass is 16.5. The molecule has 2 aliphatic rings. The Kier molecular flexibility index (Phi) is 5.92. The summed E-state index contributed by atoms with van der Waals surface area (Å²) in [5.74, 6) is 2.64. The van der Waals surface area contributed by atoms with E-state index in [1.165, 1.54) is 0 Å². The predicted molar refractivity (Wildman–Crippen MR) is 119 cm³/mol. The maximum absolute atomic E-state index is 13.2. The van der Waals surface area contributed by atoms with Gasteiger partial charge in [-0.2, -0.15) is 0 Å². The number of ether oxygens (including phenoxy) is 3. The molecule has 4 rings (SSSR count). The number of nitrogens with zero attached hydrogens (tertiary/aromatic N) is 1. The van der Waals surface area contributed by atoms with Crippen LogP contribution < -0.4 is 14.2 Å². The molecular formula is C25H29NO5. The van der Waals surface area contributed by atoms with Crippen molar-refractivity contribution in [2.24, 2.45) is 5.92 Å². The third-order valence-electron chi connectivity index (χ3n) is 6.18. The number of ketones is 1. The number of piperidine rings is 1. The predicted octanol–water partition coefficient (Wildman–Crippen LogP) is 4.57. The molecular weight excluding hydrogens is 394 g/mol. The summed E-state index contributed by atoms with van der Waals surface area (Å²) in [4.78, 5) is 15.5. The van der Waals surface area contributed by atoms with Gasteiger partial charge in [-0.05, 0) is 74.2 Å². The molecule has 0 saturated carbocycles. The van der Waals surface area contributed by atoms with Crippen molar-refractivity contribution in [3.05, 3.63) is 52.3 Å². The maximum atomic E-state index is 13.2. The van der Waals surface area contributed by atoms with Gasteiger partial charge in [0.25, 0.3) is 0 Å². The summed E-state index contributed by atoms with van der Waals surface area (Å²) in [7, 11) is 3.15. The van der Waals surface area contributed by atoms with Gasteiger partial charge in [-0.1, -0.05) is 13.0 Å². The van der Waals surface area contributed by atoms with Crippen LogP contribution in [0.1, 0.15) is 46.8 Å². The number of carbonyl (C=O) groups excluding carboxylic acids is 1. The van der Waals surface area contributed by atoms with Crippen LogP contribution in [0.3, 0.4) is 0 Å². The lowest BCUT2D eigenvalue weighted by Gasteiger charge is -2.30. The van der Waals surface area contributed by atoms with Crippen LogP contribution in [0.15, 0.2) is 30.0 Å². The number of benzene rings is 2. The Morgan fingerprint density at radius 3 is 2.55 bits per heavy atom. The first-order chi connectivity index (χ1) is 14.9. The number of aromatic hydroxyl groups is 1. The van der Waals surface area contributed by atoms with Crippen molar-refractivity contribution < 1.29 is 24.1 Å². The van der Waals surface area contributed by atoms with Crippen LogP contribution in [0.5, 0.6) is 23.0 Å². The number of rotatable bonds is 5. The number of hydrogen-bond donors (Lipinski definition) is 1. The Morgan fingerprint density at radius 2 is 1.87 bits per heavy atom. The topological polar surface area (TPSA) is 68.2 Å². The van der Waals surface area contributed by atoms with E-state index in [4.69, 9.17) is 14.2 Å². The molecule has 0 atom stereocenters. The standard InChI is InChI=1S/C25H29NO5/c1-15-7-9-26(10-8-15)14-18-19(27)11-16(2)23-24(28)22(31-25(18)23)13-17-5-6-20(29-3)21(12-17)30-4/h5-6,11-13,15,27H,7-10,14H2,1-4H3/b22-13-. The lowest BCUT2D eigenvalue weighted by atomic mass is 9.96. The number of aryl methyl sites for hydroxylation is 1. The molecule has 6 heteroatoms. The summed E-state index contributed by atoms with van der Waals surface area (Å²) in [5, 5.41) is 10.7. The minimum atomic E-state index is -0.171. The van der Waals surface area contributed by atoms with Gasteiger partial charge in [-0.3, -0.25) is 9.69 Å². The summed E-state index contributed by atoms with van der Waals surface area (Å²) in [6.07, 6.45) is 3.98. The Morgan fingerprint density at radius 1 is 1.16 bits per heavy atom. The van der Waals surface area contributed by atoms with E-state index >= 15 is 0 Å². The molecule has 6 nitrogen and oxygen atoms in total. The van der Waals surface area contributed by atoms with E-state index in [9.17, 15) is 9.90 Å². The molecule has 0 radical (unpaired) electrons. The third kappa shape index (κ3) is 4.12. The number of phenols is 1. The fourth-order valence-corrected chi connectivity index (χ4v) is 4.27. The minimum absolute atomic E-state index is 0.171. The molecule has 2 aromatic rings. The zero-order valence-electron chi connectivity index (χ0n) is 18.5. The molecule has 0 bridgehead atoms. The van der Waals surface area contributed by atoms with E-state index in [1.54, 1.807) is 38.5 Å². The highest BCUT2D eigenvalue weighted by molar-refractivity contribution is 6.15. The van der Waals surface area contributed by atoms with E-state index < -0.39 is 0 Å². The van der Waals surface area contributed by atoms with Gasteiger partial charge in [-0.15, -0.1) is 0 Å². The van der Waals surface area contributed by atoms with Crippen molar-refractivity contribution in [2.75, 3.05) is 27.3 Å². The van der Waals surface area contributed by atoms with E-state index in [1.807, 2.05) is 13.0 Å². The Hall–Kier alpha value is -2.99. The fraction of sp³-hybridized carbons (Fsp3) is 0.400. The SMILES string of the molecule is COc1ccc(/C=C2\Oc3c(CN4CCC(C)CC4)c(O)cc(C)c3C2=O)cc1OC. The molecule has 2 heterocycles. The summed E-state index contributed by atoms with van der Waals surface area (Å²) in [6.45, 7) is 6.62. The van der Waals surface area contributed by atoms with Crippen LogP contribution >= 0.6 is 0 Å². The summed E-state index contributed by atoms with van der Waals surface area (Å²) < 4.78 is 16.7. The van der Waals surface area contributed by atoms with E-state index in [0.717, 1.165) is 37.4 Å². The number of phenolic OH excluding ortho intramolecular Hbond substituents is 1. The highest BCUT2D eigenvalue weighted by Gasteiger charge is 2.34. The van der Waals surface area contributed by atoms with Crippen LogP contribution in [0, 0.1) is 12.8 Å². The number of Topliss-reactive ketones (excluding diaryl/α,β-unsaturated/α-hetero) is 1. The molecule has 2 aromatic carbocycles. The van der Waals surface area contributed by atoms with Crippen LogP contribution in [0.4, 0.5) is 0 Å². The molecule has 164 valence electrons. The average Bonchev–Trinajstić information content (AvgIpc) is 3.08. The molecule has 0 aliphatic carbocycles. The van der Waals surface area contributed by atoms with Crippen molar-refractivity contribution in [3.63, 3.8) is 0 Å². The van der Waals surface area contributed by atoms with Crippen LogP contribution in [0.25, 0.3) is 6.08 Å². The molecule has 1 saturated heterocycles. The molecule has 0 aromatic heterocycles. The van der Waals surface area contributed by atoms with Gasteiger partial charge in [0.05, 0.1) is 25.3 Å².